The van der Waals surface area contributed by atoms with E-state index in [0.717, 1.165) is 54.3 Å². The summed E-state index contributed by atoms with van der Waals surface area (Å²) in [4.78, 5) is 22.4. The minimum absolute atomic E-state index is 0.159. The molecule has 0 radical (unpaired) electrons. The van der Waals surface area contributed by atoms with Crippen LogP contribution in [0.4, 0.5) is 0 Å². The lowest BCUT2D eigenvalue weighted by molar-refractivity contribution is -0.127. The van der Waals surface area contributed by atoms with Gasteiger partial charge in [0.15, 0.2) is 0 Å². The van der Waals surface area contributed by atoms with Crippen LogP contribution in [-0.2, 0) is 11.2 Å². The number of likely N-dealkylation sites (tertiary alicyclic amines) is 1. The first-order valence-electron chi connectivity index (χ1n) is 7.63. The quantitative estimate of drug-likeness (QED) is 0.939. The molecule has 6 nitrogen and oxygen atoms in total. The smallest absolute Gasteiger partial charge is 0.219 e. The topological polar surface area (TPSA) is 74.8 Å². The van der Waals surface area contributed by atoms with Crippen molar-refractivity contribution in [3.05, 3.63) is 29.5 Å². The number of aromatic nitrogens is 4. The molecule has 6 heteroatoms. The maximum Gasteiger partial charge on any atom is 0.219 e. The second-order valence-electron chi connectivity index (χ2n) is 6.03. The summed E-state index contributed by atoms with van der Waals surface area (Å²) >= 11 is 0. The molecule has 1 aliphatic rings. The summed E-state index contributed by atoms with van der Waals surface area (Å²) in [5, 5.41) is 7.20. The molecule has 0 unspecified atom stereocenters. The van der Waals surface area contributed by atoms with Crippen molar-refractivity contribution in [3.8, 4) is 11.3 Å². The Balaban J connectivity index is 1.77. The fraction of sp³-hybridized carbons (Fsp3) is 0.500. The lowest BCUT2D eigenvalue weighted by Crippen LogP contribution is -2.26. The van der Waals surface area contributed by atoms with E-state index in [-0.39, 0.29) is 5.91 Å². The molecule has 1 saturated heterocycles. The van der Waals surface area contributed by atoms with Gasteiger partial charge in [-0.2, -0.15) is 5.10 Å². The number of carbonyl (C=O) groups excluding carboxylic acids is 1. The highest BCUT2D eigenvalue weighted by atomic mass is 16.2. The predicted octanol–water partition coefficient (Wildman–Crippen LogP) is 1.89. The van der Waals surface area contributed by atoms with Gasteiger partial charge in [0.05, 0.1) is 23.3 Å². The lowest BCUT2D eigenvalue weighted by Gasteiger charge is -2.13. The molecule has 2 aromatic heterocycles. The number of aryl methyl sites for hydroxylation is 2. The molecule has 0 aromatic carbocycles. The van der Waals surface area contributed by atoms with E-state index in [1.54, 1.807) is 13.1 Å². The third kappa shape index (κ3) is 2.86. The molecule has 22 heavy (non-hydrogen) atoms. The van der Waals surface area contributed by atoms with E-state index < -0.39 is 0 Å². The number of hydrogen-bond acceptors (Lipinski definition) is 4. The summed E-state index contributed by atoms with van der Waals surface area (Å²) in [5.41, 5.74) is 4.82. The van der Waals surface area contributed by atoms with Gasteiger partial charge in [0.2, 0.25) is 5.91 Å². The summed E-state index contributed by atoms with van der Waals surface area (Å²) in [6.07, 6.45) is 5.51. The molecule has 0 spiro atoms. The van der Waals surface area contributed by atoms with Crippen molar-refractivity contribution in [2.45, 2.75) is 33.6 Å². The molecule has 1 N–H and O–H groups in total. The molecule has 3 rings (SSSR count). The Bertz CT molecular complexity index is 674. The molecule has 1 amide bonds. The zero-order chi connectivity index (χ0) is 15.7. The molecule has 116 valence electrons. The number of carbonyl (C=O) groups is 1. The molecule has 2 aromatic rings. The van der Waals surface area contributed by atoms with Crippen LogP contribution in [0.15, 0.2) is 12.4 Å². The third-order valence-corrected chi connectivity index (χ3v) is 4.30. The summed E-state index contributed by atoms with van der Waals surface area (Å²) in [7, 11) is 0. The Labute approximate surface area is 130 Å². The lowest BCUT2D eigenvalue weighted by atomic mass is 10.0. The van der Waals surface area contributed by atoms with Crippen molar-refractivity contribution in [1.29, 1.82) is 0 Å². The monoisotopic (exact) mass is 299 g/mol. The first-order valence-corrected chi connectivity index (χ1v) is 7.63. The zero-order valence-electron chi connectivity index (χ0n) is 13.3. The van der Waals surface area contributed by atoms with Gasteiger partial charge in [-0.25, -0.2) is 4.98 Å². The van der Waals surface area contributed by atoms with Gasteiger partial charge in [-0.05, 0) is 32.6 Å². The Hall–Kier alpha value is -2.24. The van der Waals surface area contributed by atoms with Gasteiger partial charge in [-0.1, -0.05) is 0 Å². The molecular formula is C16H21N5O. The van der Waals surface area contributed by atoms with E-state index in [1.165, 1.54) is 0 Å². The summed E-state index contributed by atoms with van der Waals surface area (Å²) in [6.45, 7) is 7.27. The van der Waals surface area contributed by atoms with Crippen LogP contribution in [0.2, 0.25) is 0 Å². The van der Waals surface area contributed by atoms with Crippen LogP contribution in [-0.4, -0.2) is 44.1 Å². The first-order chi connectivity index (χ1) is 10.5. The van der Waals surface area contributed by atoms with E-state index in [4.69, 9.17) is 4.98 Å². The Kier molecular flexibility index (Phi) is 3.92. The first kappa shape index (κ1) is 14.7. The third-order valence-electron chi connectivity index (χ3n) is 4.30. The second-order valence-corrected chi connectivity index (χ2v) is 6.03. The number of aromatic amines is 1. The van der Waals surface area contributed by atoms with Crippen LogP contribution >= 0.6 is 0 Å². The second kappa shape index (κ2) is 5.87. The zero-order valence-corrected chi connectivity index (χ0v) is 13.3. The standard InChI is InChI=1S/C16H21N5O/c1-10-16(11(2)20-19-10)15-8-17-7-14(18-15)6-13-4-5-21(9-13)12(3)22/h7-8,13H,4-6,9H2,1-3H3,(H,19,20)/t13-/m1/s1. The van der Waals surface area contributed by atoms with Crippen molar-refractivity contribution in [1.82, 2.24) is 25.1 Å². The average Bonchev–Trinajstić information content (AvgIpc) is 3.06. The van der Waals surface area contributed by atoms with Crippen LogP contribution in [0, 0.1) is 19.8 Å². The van der Waals surface area contributed by atoms with Crippen molar-refractivity contribution in [2.24, 2.45) is 5.92 Å². The SMILES string of the molecule is CC(=O)N1CC[C@H](Cc2cncc(-c3c(C)n[nH]c3C)n2)C1. The van der Waals surface area contributed by atoms with Crippen molar-refractivity contribution < 1.29 is 4.79 Å². The number of hydrogen-bond donors (Lipinski definition) is 1. The van der Waals surface area contributed by atoms with Crippen LogP contribution in [0.3, 0.4) is 0 Å². The molecule has 1 atom stereocenters. The average molecular weight is 299 g/mol. The molecular weight excluding hydrogens is 278 g/mol. The van der Waals surface area contributed by atoms with E-state index in [0.29, 0.717) is 5.92 Å². The molecule has 0 saturated carbocycles. The van der Waals surface area contributed by atoms with Crippen LogP contribution in [0.5, 0.6) is 0 Å². The van der Waals surface area contributed by atoms with Crippen molar-refractivity contribution in [2.75, 3.05) is 13.1 Å². The maximum absolute atomic E-state index is 11.4. The number of nitrogens with zero attached hydrogens (tertiary/aromatic N) is 4. The van der Waals surface area contributed by atoms with Crippen LogP contribution < -0.4 is 0 Å². The Morgan fingerprint density at radius 1 is 1.41 bits per heavy atom. The number of amides is 1. The maximum atomic E-state index is 11.4. The van der Waals surface area contributed by atoms with Gasteiger partial charge in [0.1, 0.15) is 0 Å². The number of nitrogens with one attached hydrogen (secondary N) is 1. The molecule has 1 fully saturated rings. The van der Waals surface area contributed by atoms with E-state index in [1.807, 2.05) is 24.9 Å². The van der Waals surface area contributed by atoms with Crippen molar-refractivity contribution >= 4 is 5.91 Å². The van der Waals surface area contributed by atoms with Gasteiger partial charge in [-0.3, -0.25) is 14.9 Å². The summed E-state index contributed by atoms with van der Waals surface area (Å²) < 4.78 is 0. The summed E-state index contributed by atoms with van der Waals surface area (Å²) in [5.74, 6) is 0.631. The minimum Gasteiger partial charge on any atom is -0.343 e. The Morgan fingerprint density at radius 3 is 2.86 bits per heavy atom. The van der Waals surface area contributed by atoms with Crippen LogP contribution in [0.1, 0.15) is 30.4 Å². The van der Waals surface area contributed by atoms with E-state index in [9.17, 15) is 4.79 Å². The van der Waals surface area contributed by atoms with E-state index in [2.05, 4.69) is 15.2 Å². The van der Waals surface area contributed by atoms with E-state index >= 15 is 0 Å². The number of rotatable bonds is 3. The fourth-order valence-corrected chi connectivity index (χ4v) is 3.13. The highest BCUT2D eigenvalue weighted by Crippen LogP contribution is 2.24. The van der Waals surface area contributed by atoms with Gasteiger partial charge < -0.3 is 4.90 Å². The van der Waals surface area contributed by atoms with Gasteiger partial charge in [-0.15, -0.1) is 0 Å². The largest absolute Gasteiger partial charge is 0.343 e. The highest BCUT2D eigenvalue weighted by molar-refractivity contribution is 5.73. The fourth-order valence-electron chi connectivity index (χ4n) is 3.13. The summed E-state index contributed by atoms with van der Waals surface area (Å²) in [6, 6.07) is 0. The highest BCUT2D eigenvalue weighted by Gasteiger charge is 2.24. The van der Waals surface area contributed by atoms with Gasteiger partial charge >= 0.3 is 0 Å². The molecule has 3 heterocycles. The van der Waals surface area contributed by atoms with Gasteiger partial charge in [0, 0.05) is 37.5 Å². The molecule has 0 bridgehead atoms. The van der Waals surface area contributed by atoms with Gasteiger partial charge in [0.25, 0.3) is 0 Å². The van der Waals surface area contributed by atoms with Crippen LogP contribution in [0.25, 0.3) is 11.3 Å². The Morgan fingerprint density at radius 2 is 2.23 bits per heavy atom. The van der Waals surface area contributed by atoms with Crippen molar-refractivity contribution in [3.63, 3.8) is 0 Å². The normalized spacial score (nSPS) is 18.0. The minimum atomic E-state index is 0.159. The molecule has 1 aliphatic heterocycles. The molecule has 0 aliphatic carbocycles. The number of H-pyrrole nitrogens is 1. The predicted molar refractivity (Wildman–Crippen MR) is 83.2 cm³/mol.